The van der Waals surface area contributed by atoms with Crippen LogP contribution in [-0.4, -0.2) is 31.8 Å². The van der Waals surface area contributed by atoms with E-state index in [0.717, 1.165) is 5.56 Å². The number of hydrogen-bond acceptors (Lipinski definition) is 6. The van der Waals surface area contributed by atoms with Crippen LogP contribution in [0.15, 0.2) is 48.5 Å². The number of aromatic nitrogens is 4. The van der Waals surface area contributed by atoms with E-state index in [1.807, 2.05) is 64.1 Å². The lowest BCUT2D eigenvalue weighted by atomic mass is 10.1. The van der Waals surface area contributed by atoms with Gasteiger partial charge in [0.1, 0.15) is 17.1 Å². The van der Waals surface area contributed by atoms with Gasteiger partial charge in [-0.1, -0.05) is 18.5 Å². The largest absolute Gasteiger partial charge is 0.460 e. The summed E-state index contributed by atoms with van der Waals surface area (Å²) in [6.07, 6.45) is 0.297. The summed E-state index contributed by atoms with van der Waals surface area (Å²) in [7, 11) is 0. The minimum absolute atomic E-state index is 0.0250. The van der Waals surface area contributed by atoms with E-state index >= 15 is 0 Å². The Morgan fingerprint density at radius 1 is 1.07 bits per heavy atom. The first-order chi connectivity index (χ1) is 14.2. The Balaban J connectivity index is 1.57. The average Bonchev–Trinajstić information content (AvgIpc) is 3.11. The molecule has 7 nitrogen and oxygen atoms in total. The third kappa shape index (κ3) is 6.56. The maximum Gasteiger partial charge on any atom is 0.306 e. The molecule has 30 heavy (non-hydrogen) atoms. The molecule has 2 aromatic carbocycles. The van der Waals surface area contributed by atoms with E-state index in [2.05, 4.69) is 15.4 Å². The Bertz CT molecular complexity index is 979. The smallest absolute Gasteiger partial charge is 0.306 e. The normalized spacial score (nSPS) is 12.4. The standard InChI is InChI=1S/C22H25ClN4O3/c1-15(13-20(28)30-22(2,3)4)14-27-25-21(24-26-27)16-5-9-18(10-6-16)29-19-11-7-17(23)8-12-19/h5-12,15H,13-14H2,1-4H3/t15-/m0/s1. The van der Waals surface area contributed by atoms with Crippen LogP contribution in [0.2, 0.25) is 5.02 Å². The number of nitrogens with zero attached hydrogens (tertiary/aromatic N) is 4. The molecule has 8 heteroatoms. The van der Waals surface area contributed by atoms with Gasteiger partial charge in [-0.15, -0.1) is 10.2 Å². The molecule has 0 spiro atoms. The molecule has 0 aliphatic rings. The van der Waals surface area contributed by atoms with Crippen molar-refractivity contribution in [2.45, 2.75) is 46.3 Å². The highest BCUT2D eigenvalue weighted by Crippen LogP contribution is 2.25. The number of esters is 1. The van der Waals surface area contributed by atoms with E-state index in [1.165, 1.54) is 4.80 Å². The van der Waals surface area contributed by atoms with E-state index in [1.54, 1.807) is 12.1 Å². The minimum atomic E-state index is -0.487. The molecule has 3 aromatic rings. The summed E-state index contributed by atoms with van der Waals surface area (Å²) in [5, 5.41) is 13.3. The number of carbonyl (C=O) groups excluding carboxylic acids is 1. The Kier molecular flexibility index (Phi) is 6.72. The zero-order valence-electron chi connectivity index (χ0n) is 17.5. The summed E-state index contributed by atoms with van der Waals surface area (Å²) in [6.45, 7) is 7.99. The highest BCUT2D eigenvalue weighted by atomic mass is 35.5. The monoisotopic (exact) mass is 428 g/mol. The summed E-state index contributed by atoms with van der Waals surface area (Å²) >= 11 is 5.89. The van der Waals surface area contributed by atoms with Gasteiger partial charge in [-0.25, -0.2) is 0 Å². The van der Waals surface area contributed by atoms with Gasteiger partial charge in [0.25, 0.3) is 0 Å². The number of benzene rings is 2. The summed E-state index contributed by atoms with van der Waals surface area (Å²) < 4.78 is 11.1. The van der Waals surface area contributed by atoms with Crippen molar-refractivity contribution in [1.29, 1.82) is 0 Å². The molecule has 158 valence electrons. The van der Waals surface area contributed by atoms with Crippen LogP contribution in [-0.2, 0) is 16.1 Å². The number of carbonyl (C=O) groups is 1. The zero-order chi connectivity index (χ0) is 21.7. The summed E-state index contributed by atoms with van der Waals surface area (Å²) in [5.41, 5.74) is 0.336. The molecule has 0 amide bonds. The van der Waals surface area contributed by atoms with Crippen molar-refractivity contribution in [2.24, 2.45) is 5.92 Å². The molecule has 0 aliphatic carbocycles. The van der Waals surface area contributed by atoms with Crippen LogP contribution in [0.3, 0.4) is 0 Å². The quantitative estimate of drug-likeness (QED) is 0.484. The maximum atomic E-state index is 12.0. The molecule has 0 N–H and O–H groups in total. The second-order valence-corrected chi connectivity index (χ2v) is 8.58. The van der Waals surface area contributed by atoms with Crippen LogP contribution >= 0.6 is 11.6 Å². The molecule has 0 radical (unpaired) electrons. The van der Waals surface area contributed by atoms with Gasteiger partial charge in [0.15, 0.2) is 0 Å². The Hall–Kier alpha value is -2.93. The van der Waals surface area contributed by atoms with Gasteiger partial charge in [-0.3, -0.25) is 4.79 Å². The summed E-state index contributed by atoms with van der Waals surface area (Å²) in [4.78, 5) is 13.5. The topological polar surface area (TPSA) is 79.1 Å². The van der Waals surface area contributed by atoms with Gasteiger partial charge in [0.05, 0.1) is 6.54 Å². The van der Waals surface area contributed by atoms with E-state index < -0.39 is 5.60 Å². The van der Waals surface area contributed by atoms with Crippen LogP contribution in [0.1, 0.15) is 34.1 Å². The first-order valence-electron chi connectivity index (χ1n) is 9.71. The fourth-order valence-corrected chi connectivity index (χ4v) is 2.88. The number of ether oxygens (including phenoxy) is 2. The third-order valence-corrected chi connectivity index (χ3v) is 4.28. The molecule has 1 aromatic heterocycles. The Morgan fingerprint density at radius 3 is 2.27 bits per heavy atom. The third-order valence-electron chi connectivity index (χ3n) is 4.02. The molecular formula is C22H25ClN4O3. The number of tetrazole rings is 1. The predicted octanol–water partition coefficient (Wildman–Crippen LogP) is 5.15. The van der Waals surface area contributed by atoms with Gasteiger partial charge in [-0.05, 0) is 80.4 Å². The van der Waals surface area contributed by atoms with Crippen LogP contribution < -0.4 is 4.74 Å². The van der Waals surface area contributed by atoms with Crippen LogP contribution in [0.4, 0.5) is 0 Å². The number of halogens is 1. The van der Waals surface area contributed by atoms with Crippen molar-refractivity contribution in [2.75, 3.05) is 0 Å². The SMILES string of the molecule is C[C@@H](CC(=O)OC(C)(C)C)Cn1nnc(-c2ccc(Oc3ccc(Cl)cc3)cc2)n1. The molecule has 0 bridgehead atoms. The molecule has 0 aliphatic heterocycles. The van der Waals surface area contributed by atoms with Crippen molar-refractivity contribution in [1.82, 2.24) is 20.2 Å². The number of hydrogen-bond donors (Lipinski definition) is 0. The molecular weight excluding hydrogens is 404 g/mol. The minimum Gasteiger partial charge on any atom is -0.460 e. The molecule has 0 fully saturated rings. The van der Waals surface area contributed by atoms with E-state index in [0.29, 0.717) is 35.3 Å². The molecule has 0 saturated carbocycles. The Labute approximate surface area is 181 Å². The van der Waals surface area contributed by atoms with Crippen molar-refractivity contribution in [3.05, 3.63) is 53.6 Å². The Morgan fingerprint density at radius 2 is 1.67 bits per heavy atom. The molecule has 1 atom stereocenters. The molecule has 1 heterocycles. The van der Waals surface area contributed by atoms with E-state index in [4.69, 9.17) is 21.1 Å². The van der Waals surface area contributed by atoms with Gasteiger partial charge < -0.3 is 9.47 Å². The lowest BCUT2D eigenvalue weighted by Gasteiger charge is -2.20. The predicted molar refractivity (Wildman–Crippen MR) is 114 cm³/mol. The fourth-order valence-electron chi connectivity index (χ4n) is 2.76. The van der Waals surface area contributed by atoms with Gasteiger partial charge >= 0.3 is 5.97 Å². The second kappa shape index (κ2) is 9.26. The number of rotatable bonds is 7. The van der Waals surface area contributed by atoms with Crippen molar-refractivity contribution in [3.8, 4) is 22.9 Å². The summed E-state index contributed by atoms with van der Waals surface area (Å²) in [6, 6.07) is 14.6. The first-order valence-corrected chi connectivity index (χ1v) is 10.1. The van der Waals surface area contributed by atoms with Crippen molar-refractivity contribution >= 4 is 17.6 Å². The van der Waals surface area contributed by atoms with Crippen LogP contribution in [0.25, 0.3) is 11.4 Å². The molecule has 0 saturated heterocycles. The van der Waals surface area contributed by atoms with E-state index in [-0.39, 0.29) is 11.9 Å². The highest BCUT2D eigenvalue weighted by molar-refractivity contribution is 6.30. The van der Waals surface area contributed by atoms with Crippen LogP contribution in [0.5, 0.6) is 11.5 Å². The average molecular weight is 429 g/mol. The van der Waals surface area contributed by atoms with Crippen molar-refractivity contribution < 1.29 is 14.3 Å². The molecule has 3 rings (SSSR count). The lowest BCUT2D eigenvalue weighted by molar-refractivity contribution is -0.155. The molecule has 0 unspecified atom stereocenters. The second-order valence-electron chi connectivity index (χ2n) is 8.14. The first kappa shape index (κ1) is 21.8. The van der Waals surface area contributed by atoms with Gasteiger partial charge in [-0.2, -0.15) is 4.80 Å². The van der Waals surface area contributed by atoms with Crippen LogP contribution in [0, 0.1) is 5.92 Å². The van der Waals surface area contributed by atoms with Gasteiger partial charge in [0, 0.05) is 17.0 Å². The van der Waals surface area contributed by atoms with Gasteiger partial charge in [0.2, 0.25) is 5.82 Å². The maximum absolute atomic E-state index is 12.0. The van der Waals surface area contributed by atoms with Crippen molar-refractivity contribution in [3.63, 3.8) is 0 Å². The zero-order valence-corrected chi connectivity index (χ0v) is 18.3. The fraction of sp³-hybridized carbons (Fsp3) is 0.364. The van der Waals surface area contributed by atoms with E-state index in [9.17, 15) is 4.79 Å². The highest BCUT2D eigenvalue weighted by Gasteiger charge is 2.19. The summed E-state index contributed by atoms with van der Waals surface area (Å²) in [5.74, 6) is 1.70. The lowest BCUT2D eigenvalue weighted by Crippen LogP contribution is -2.25.